The Morgan fingerprint density at radius 1 is 1.03 bits per heavy atom. The van der Waals surface area contributed by atoms with Gasteiger partial charge in [0.1, 0.15) is 5.82 Å². The molecule has 2 fully saturated rings. The van der Waals surface area contributed by atoms with Crippen LogP contribution in [0.25, 0.3) is 0 Å². The zero-order valence-electron chi connectivity index (χ0n) is 17.6. The average molecular weight is 422 g/mol. The summed E-state index contributed by atoms with van der Waals surface area (Å²) >= 11 is 0. The summed E-state index contributed by atoms with van der Waals surface area (Å²) in [5, 5.41) is 12.1. The number of nitrogens with zero attached hydrogens (tertiary/aromatic N) is 4. The van der Waals surface area contributed by atoms with Crippen molar-refractivity contribution in [1.82, 2.24) is 15.1 Å². The number of piperidine rings is 1. The molecule has 0 radical (unpaired) electrons. The van der Waals surface area contributed by atoms with Crippen molar-refractivity contribution in [3.63, 3.8) is 0 Å². The Bertz CT molecular complexity index is 929. The molecule has 0 saturated carbocycles. The molecule has 2 amide bonds. The molecule has 4 rings (SSSR count). The number of amides is 2. The van der Waals surface area contributed by atoms with Crippen LogP contribution in [0.1, 0.15) is 24.0 Å². The van der Waals surface area contributed by atoms with Crippen molar-refractivity contribution < 1.29 is 9.18 Å². The third-order valence-corrected chi connectivity index (χ3v) is 6.15. The monoisotopic (exact) mass is 421 g/mol. The molecular weight excluding hydrogens is 393 g/mol. The first kappa shape index (κ1) is 21.1. The number of benzene rings is 2. The first-order chi connectivity index (χ1) is 15.1. The van der Waals surface area contributed by atoms with Crippen molar-refractivity contribution in [3.05, 3.63) is 65.5 Å². The van der Waals surface area contributed by atoms with Gasteiger partial charge < -0.3 is 15.1 Å². The standard InChI is InChI=1S/C24H28FN5O/c25-22-16-20(17-26)6-7-23(22)29-12-14-30(15-13-29)24(31)27-21-8-10-28(11-9-21)18-19-4-2-1-3-5-19/h1-7,16,21H,8-15,18H2,(H,27,31). The van der Waals surface area contributed by atoms with Crippen molar-refractivity contribution in [2.45, 2.75) is 25.4 Å². The van der Waals surface area contributed by atoms with E-state index in [0.717, 1.165) is 32.5 Å². The van der Waals surface area contributed by atoms with Gasteiger partial charge in [-0.2, -0.15) is 5.26 Å². The molecule has 2 aliphatic rings. The molecule has 2 aromatic rings. The molecule has 0 aromatic heterocycles. The van der Waals surface area contributed by atoms with E-state index in [9.17, 15) is 9.18 Å². The van der Waals surface area contributed by atoms with Crippen molar-refractivity contribution >= 4 is 11.7 Å². The van der Waals surface area contributed by atoms with Gasteiger partial charge in [0.25, 0.3) is 0 Å². The van der Waals surface area contributed by atoms with E-state index in [2.05, 4.69) is 34.5 Å². The van der Waals surface area contributed by atoms with Gasteiger partial charge in [0.15, 0.2) is 0 Å². The van der Waals surface area contributed by atoms with Crippen LogP contribution in [0.3, 0.4) is 0 Å². The SMILES string of the molecule is N#Cc1ccc(N2CCN(C(=O)NC3CCN(Cc4ccccc4)CC3)CC2)c(F)c1. The molecular formula is C24H28FN5O. The Hall–Kier alpha value is -3.11. The van der Waals surface area contributed by atoms with E-state index in [0.29, 0.717) is 37.4 Å². The molecule has 2 saturated heterocycles. The summed E-state index contributed by atoms with van der Waals surface area (Å²) in [6.45, 7) is 5.17. The van der Waals surface area contributed by atoms with Gasteiger partial charge in [-0.1, -0.05) is 30.3 Å². The third kappa shape index (κ3) is 5.33. The highest BCUT2D eigenvalue weighted by Crippen LogP contribution is 2.22. The summed E-state index contributed by atoms with van der Waals surface area (Å²) in [6.07, 6.45) is 1.91. The predicted molar refractivity (Wildman–Crippen MR) is 118 cm³/mol. The highest BCUT2D eigenvalue weighted by atomic mass is 19.1. The van der Waals surface area contributed by atoms with E-state index in [-0.39, 0.29) is 17.9 Å². The van der Waals surface area contributed by atoms with Crippen LogP contribution in [-0.4, -0.2) is 61.1 Å². The first-order valence-corrected chi connectivity index (χ1v) is 10.9. The summed E-state index contributed by atoms with van der Waals surface area (Å²) in [5.41, 5.74) is 2.13. The van der Waals surface area contributed by atoms with Crippen LogP contribution in [0.4, 0.5) is 14.9 Å². The molecule has 2 heterocycles. The molecule has 6 nitrogen and oxygen atoms in total. The maximum atomic E-state index is 14.3. The molecule has 0 bridgehead atoms. The number of nitrogens with one attached hydrogen (secondary N) is 1. The van der Waals surface area contributed by atoms with Gasteiger partial charge >= 0.3 is 6.03 Å². The number of carbonyl (C=O) groups excluding carboxylic acids is 1. The highest BCUT2D eigenvalue weighted by molar-refractivity contribution is 5.75. The van der Waals surface area contributed by atoms with E-state index in [1.807, 2.05) is 21.9 Å². The molecule has 7 heteroatoms. The largest absolute Gasteiger partial charge is 0.366 e. The highest BCUT2D eigenvalue weighted by Gasteiger charge is 2.26. The number of likely N-dealkylation sites (tertiary alicyclic amines) is 1. The van der Waals surface area contributed by atoms with Crippen LogP contribution in [-0.2, 0) is 6.54 Å². The van der Waals surface area contributed by atoms with Crippen LogP contribution >= 0.6 is 0 Å². The molecule has 0 aliphatic carbocycles. The van der Waals surface area contributed by atoms with Crippen molar-refractivity contribution in [1.29, 1.82) is 5.26 Å². The summed E-state index contributed by atoms with van der Waals surface area (Å²) in [7, 11) is 0. The van der Waals surface area contributed by atoms with Crippen molar-refractivity contribution in [2.24, 2.45) is 0 Å². The summed E-state index contributed by atoms with van der Waals surface area (Å²) in [6, 6.07) is 17.1. The number of hydrogen-bond donors (Lipinski definition) is 1. The number of halogens is 1. The van der Waals surface area contributed by atoms with Crippen molar-refractivity contribution in [2.75, 3.05) is 44.2 Å². The third-order valence-electron chi connectivity index (χ3n) is 6.15. The first-order valence-electron chi connectivity index (χ1n) is 10.9. The fourth-order valence-corrected chi connectivity index (χ4v) is 4.33. The number of hydrogen-bond acceptors (Lipinski definition) is 4. The van der Waals surface area contributed by atoms with Gasteiger partial charge in [-0.05, 0) is 36.6 Å². The Morgan fingerprint density at radius 2 is 1.74 bits per heavy atom. The summed E-state index contributed by atoms with van der Waals surface area (Å²) in [4.78, 5) is 18.9. The van der Waals surface area contributed by atoms with E-state index < -0.39 is 0 Å². The second-order valence-electron chi connectivity index (χ2n) is 8.24. The minimum absolute atomic E-state index is 0.0264. The van der Waals surface area contributed by atoms with Gasteiger partial charge in [-0.25, -0.2) is 9.18 Å². The van der Waals surface area contributed by atoms with Crippen molar-refractivity contribution in [3.8, 4) is 6.07 Å². The van der Waals surface area contributed by atoms with E-state index in [4.69, 9.17) is 5.26 Å². The second-order valence-corrected chi connectivity index (χ2v) is 8.24. The predicted octanol–water partition coefficient (Wildman–Crippen LogP) is 3.19. The van der Waals surface area contributed by atoms with Gasteiger partial charge in [0.2, 0.25) is 0 Å². The normalized spacial score (nSPS) is 17.9. The van der Waals surface area contributed by atoms with Crippen LogP contribution in [0.15, 0.2) is 48.5 Å². The lowest BCUT2D eigenvalue weighted by Gasteiger charge is -2.38. The van der Waals surface area contributed by atoms with E-state index in [1.54, 1.807) is 12.1 Å². The van der Waals surface area contributed by atoms with E-state index in [1.165, 1.54) is 11.6 Å². The van der Waals surface area contributed by atoms with Gasteiger partial charge in [0.05, 0.1) is 17.3 Å². The van der Waals surface area contributed by atoms with E-state index >= 15 is 0 Å². The lowest BCUT2D eigenvalue weighted by Crippen LogP contribution is -2.55. The Kier molecular flexibility index (Phi) is 6.68. The fraction of sp³-hybridized carbons (Fsp3) is 0.417. The Morgan fingerprint density at radius 3 is 2.39 bits per heavy atom. The number of carbonyl (C=O) groups is 1. The van der Waals surface area contributed by atoms with Crippen LogP contribution in [0, 0.1) is 17.1 Å². The molecule has 1 N–H and O–H groups in total. The molecule has 0 spiro atoms. The van der Waals surface area contributed by atoms with Gasteiger partial charge in [-0.15, -0.1) is 0 Å². The Labute approximate surface area is 182 Å². The second kappa shape index (κ2) is 9.80. The molecule has 0 unspecified atom stereocenters. The van der Waals surface area contributed by atoms with Gasteiger partial charge in [0, 0.05) is 51.9 Å². The summed E-state index contributed by atoms with van der Waals surface area (Å²) < 4.78 is 14.3. The topological polar surface area (TPSA) is 62.6 Å². The lowest BCUT2D eigenvalue weighted by atomic mass is 10.0. The fourth-order valence-electron chi connectivity index (χ4n) is 4.33. The molecule has 162 valence electrons. The minimum Gasteiger partial charge on any atom is -0.366 e. The molecule has 0 atom stereocenters. The number of urea groups is 1. The van der Waals surface area contributed by atoms with Crippen LogP contribution in [0.2, 0.25) is 0 Å². The molecule has 2 aromatic carbocycles. The van der Waals surface area contributed by atoms with Crippen LogP contribution < -0.4 is 10.2 Å². The average Bonchev–Trinajstić information content (AvgIpc) is 2.81. The molecule has 31 heavy (non-hydrogen) atoms. The van der Waals surface area contributed by atoms with Gasteiger partial charge in [-0.3, -0.25) is 4.90 Å². The number of nitriles is 1. The molecule has 2 aliphatic heterocycles. The van der Waals surface area contributed by atoms with Crippen LogP contribution in [0.5, 0.6) is 0 Å². The minimum atomic E-state index is -0.390. The lowest BCUT2D eigenvalue weighted by molar-refractivity contribution is 0.167. The number of anilines is 1. The number of rotatable bonds is 4. The Balaban J connectivity index is 1.21. The smallest absolute Gasteiger partial charge is 0.317 e. The quantitative estimate of drug-likeness (QED) is 0.824. The zero-order chi connectivity index (χ0) is 21.6. The maximum Gasteiger partial charge on any atom is 0.317 e. The maximum absolute atomic E-state index is 14.3. The zero-order valence-corrected chi connectivity index (χ0v) is 17.6. The number of piperazine rings is 1. The summed E-state index contributed by atoms with van der Waals surface area (Å²) in [5.74, 6) is -0.390.